The molecule has 0 N–H and O–H groups in total. The van der Waals surface area contributed by atoms with Gasteiger partial charge >= 0.3 is 5.97 Å². The molecule has 1 aromatic heterocycles. The molecule has 2 rings (SSSR count). The summed E-state index contributed by atoms with van der Waals surface area (Å²) in [6.07, 6.45) is 3.30. The minimum atomic E-state index is -3.25. The lowest BCUT2D eigenvalue weighted by Gasteiger charge is -2.13. The number of rotatable bonds is 6. The fourth-order valence-corrected chi connectivity index (χ4v) is 4.20. The molecule has 0 amide bonds. The van der Waals surface area contributed by atoms with Crippen LogP contribution in [0.15, 0.2) is 24.4 Å². The first kappa shape index (κ1) is 14.0. The van der Waals surface area contributed by atoms with Crippen molar-refractivity contribution in [3.63, 3.8) is 0 Å². The second-order valence-corrected chi connectivity index (χ2v) is 7.17. The van der Waals surface area contributed by atoms with Gasteiger partial charge in [-0.15, -0.1) is 0 Å². The Hall–Kier alpha value is -1.43. The smallest absolute Gasteiger partial charge is 0.306 e. The number of hydrogen-bond acceptors (Lipinski definition) is 5. The Morgan fingerprint density at radius 3 is 2.68 bits per heavy atom. The zero-order valence-electron chi connectivity index (χ0n) is 10.8. The summed E-state index contributed by atoms with van der Waals surface area (Å²) < 4.78 is 28.9. The maximum absolute atomic E-state index is 12.1. The van der Waals surface area contributed by atoms with E-state index in [0.717, 1.165) is 12.8 Å². The second kappa shape index (κ2) is 5.28. The molecule has 0 spiro atoms. The molecule has 0 radical (unpaired) electrons. The van der Waals surface area contributed by atoms with Crippen LogP contribution >= 0.6 is 0 Å². The van der Waals surface area contributed by atoms with Crippen LogP contribution in [0.4, 0.5) is 0 Å². The summed E-state index contributed by atoms with van der Waals surface area (Å²) >= 11 is 0. The first-order valence-electron chi connectivity index (χ1n) is 6.12. The summed E-state index contributed by atoms with van der Waals surface area (Å²) in [5, 5.41) is 0. The first-order chi connectivity index (χ1) is 8.95. The number of esters is 1. The van der Waals surface area contributed by atoms with Crippen LogP contribution in [0.5, 0.6) is 0 Å². The maximum Gasteiger partial charge on any atom is 0.306 e. The van der Waals surface area contributed by atoms with E-state index in [0.29, 0.717) is 5.69 Å². The zero-order valence-corrected chi connectivity index (χ0v) is 11.6. The zero-order chi connectivity index (χ0) is 13.9. The van der Waals surface area contributed by atoms with E-state index in [2.05, 4.69) is 9.72 Å². The van der Waals surface area contributed by atoms with Crippen molar-refractivity contribution in [3.05, 3.63) is 30.1 Å². The molecule has 104 valence electrons. The van der Waals surface area contributed by atoms with E-state index >= 15 is 0 Å². The topological polar surface area (TPSA) is 73.3 Å². The molecule has 0 aliphatic heterocycles. The number of pyridine rings is 1. The van der Waals surface area contributed by atoms with Gasteiger partial charge in [-0.1, -0.05) is 6.07 Å². The predicted molar refractivity (Wildman–Crippen MR) is 70.0 cm³/mol. The molecule has 1 saturated carbocycles. The van der Waals surface area contributed by atoms with Crippen molar-refractivity contribution in [2.45, 2.75) is 25.0 Å². The summed E-state index contributed by atoms with van der Waals surface area (Å²) in [6, 6.07) is 5.20. The Bertz CT molecular complexity index is 549. The molecule has 0 saturated heterocycles. The Labute approximate surface area is 112 Å². The number of ether oxygens (including phenoxy) is 1. The highest BCUT2D eigenvalue weighted by Crippen LogP contribution is 2.50. The molecule has 1 aromatic rings. The van der Waals surface area contributed by atoms with E-state index in [1.807, 2.05) is 0 Å². The first-order valence-corrected chi connectivity index (χ1v) is 7.94. The largest absolute Gasteiger partial charge is 0.469 e. The van der Waals surface area contributed by atoms with E-state index in [9.17, 15) is 13.2 Å². The number of carbonyl (C=O) groups excluding carboxylic acids is 1. The summed E-state index contributed by atoms with van der Waals surface area (Å²) in [5.74, 6) is -0.381. The van der Waals surface area contributed by atoms with Gasteiger partial charge in [0.05, 0.1) is 30.7 Å². The number of nitrogens with zero attached hydrogens (tertiary/aromatic N) is 1. The summed E-state index contributed by atoms with van der Waals surface area (Å²) in [5.41, 5.74) is 0.136. The van der Waals surface area contributed by atoms with E-state index in [1.54, 1.807) is 24.4 Å². The van der Waals surface area contributed by atoms with Crippen molar-refractivity contribution in [1.82, 2.24) is 4.98 Å². The lowest BCUT2D eigenvalue weighted by atomic mass is 10.1. The predicted octanol–water partition coefficient (Wildman–Crippen LogP) is 1.34. The molecule has 0 atom stereocenters. The monoisotopic (exact) mass is 283 g/mol. The molecule has 0 bridgehead atoms. The fourth-order valence-electron chi connectivity index (χ4n) is 2.15. The van der Waals surface area contributed by atoms with E-state index in [-0.39, 0.29) is 23.9 Å². The van der Waals surface area contributed by atoms with Gasteiger partial charge < -0.3 is 4.74 Å². The molecular weight excluding hydrogens is 266 g/mol. The van der Waals surface area contributed by atoms with Crippen molar-refractivity contribution in [3.8, 4) is 0 Å². The molecule has 1 aliphatic carbocycles. The molecule has 19 heavy (non-hydrogen) atoms. The van der Waals surface area contributed by atoms with Crippen LogP contribution in [-0.4, -0.2) is 32.2 Å². The minimum Gasteiger partial charge on any atom is -0.469 e. The van der Waals surface area contributed by atoms with Gasteiger partial charge in [0.15, 0.2) is 9.84 Å². The van der Waals surface area contributed by atoms with Crippen molar-refractivity contribution >= 4 is 15.8 Å². The van der Waals surface area contributed by atoms with Gasteiger partial charge in [-0.25, -0.2) is 8.42 Å². The maximum atomic E-state index is 12.1. The van der Waals surface area contributed by atoms with E-state index < -0.39 is 15.3 Å². The number of carbonyl (C=O) groups is 1. The third kappa shape index (κ3) is 4.02. The van der Waals surface area contributed by atoms with E-state index in [1.165, 1.54) is 7.11 Å². The highest BCUT2D eigenvalue weighted by Gasteiger charge is 2.47. The molecule has 1 aliphatic rings. The van der Waals surface area contributed by atoms with E-state index in [4.69, 9.17) is 0 Å². The lowest BCUT2D eigenvalue weighted by Crippen LogP contribution is -2.22. The average Bonchev–Trinajstić information content (AvgIpc) is 3.08. The van der Waals surface area contributed by atoms with Gasteiger partial charge in [0.1, 0.15) is 0 Å². The van der Waals surface area contributed by atoms with Crippen LogP contribution < -0.4 is 0 Å². The second-order valence-electron chi connectivity index (χ2n) is 5.11. The van der Waals surface area contributed by atoms with Crippen LogP contribution in [0, 0.1) is 5.41 Å². The van der Waals surface area contributed by atoms with Crippen LogP contribution in [0.3, 0.4) is 0 Å². The molecule has 6 heteroatoms. The Balaban J connectivity index is 2.00. The van der Waals surface area contributed by atoms with Crippen LogP contribution in [0.2, 0.25) is 0 Å². The summed E-state index contributed by atoms with van der Waals surface area (Å²) in [7, 11) is -1.93. The molecule has 0 unspecified atom stereocenters. The molecule has 0 aromatic carbocycles. The summed E-state index contributed by atoms with van der Waals surface area (Å²) in [6.45, 7) is 0. The molecule has 1 heterocycles. The quantitative estimate of drug-likeness (QED) is 0.737. The van der Waals surface area contributed by atoms with Crippen molar-refractivity contribution < 1.29 is 17.9 Å². The Morgan fingerprint density at radius 1 is 1.42 bits per heavy atom. The fraction of sp³-hybridized carbons (Fsp3) is 0.538. The lowest BCUT2D eigenvalue weighted by molar-refractivity contribution is -0.141. The highest BCUT2D eigenvalue weighted by atomic mass is 32.2. The average molecular weight is 283 g/mol. The van der Waals surface area contributed by atoms with Gasteiger partial charge in [0.25, 0.3) is 0 Å². The molecular formula is C13H17NO4S. The highest BCUT2D eigenvalue weighted by molar-refractivity contribution is 7.90. The standard InChI is InChI=1S/C13H17NO4S/c1-18-12(15)8-13(5-6-13)10-19(16,17)9-11-4-2-3-7-14-11/h2-4,7H,5-6,8-10H2,1H3. The van der Waals surface area contributed by atoms with Gasteiger partial charge in [0.2, 0.25) is 0 Å². The van der Waals surface area contributed by atoms with Crippen LogP contribution in [0.1, 0.15) is 25.0 Å². The number of sulfone groups is 1. The molecule has 5 nitrogen and oxygen atoms in total. The SMILES string of the molecule is COC(=O)CC1(CS(=O)(=O)Cc2ccccn2)CC1. The third-order valence-electron chi connectivity index (χ3n) is 3.32. The number of methoxy groups -OCH3 is 1. The third-order valence-corrected chi connectivity index (χ3v) is 5.11. The van der Waals surface area contributed by atoms with Gasteiger partial charge in [-0.05, 0) is 30.4 Å². The van der Waals surface area contributed by atoms with Gasteiger partial charge in [-0.3, -0.25) is 9.78 Å². The van der Waals surface area contributed by atoms with Gasteiger partial charge in [-0.2, -0.15) is 0 Å². The number of hydrogen-bond donors (Lipinski definition) is 0. The Morgan fingerprint density at radius 2 is 2.16 bits per heavy atom. The number of aromatic nitrogens is 1. The van der Waals surface area contributed by atoms with Gasteiger partial charge in [0, 0.05) is 6.20 Å². The van der Waals surface area contributed by atoms with Crippen LogP contribution in [-0.2, 0) is 25.1 Å². The molecule has 1 fully saturated rings. The van der Waals surface area contributed by atoms with Crippen molar-refractivity contribution in [2.24, 2.45) is 5.41 Å². The van der Waals surface area contributed by atoms with Crippen molar-refractivity contribution in [1.29, 1.82) is 0 Å². The summed E-state index contributed by atoms with van der Waals surface area (Å²) in [4.78, 5) is 15.3. The van der Waals surface area contributed by atoms with Crippen LogP contribution in [0.25, 0.3) is 0 Å². The minimum absolute atomic E-state index is 0.0334. The normalized spacial score (nSPS) is 16.9. The van der Waals surface area contributed by atoms with Crippen molar-refractivity contribution in [2.75, 3.05) is 12.9 Å². The Kier molecular flexibility index (Phi) is 3.89.